The third-order valence-corrected chi connectivity index (χ3v) is 5.60. The molecule has 8 nitrogen and oxygen atoms in total. The van der Waals surface area contributed by atoms with Crippen LogP contribution in [-0.2, 0) is 19.2 Å². The first kappa shape index (κ1) is 21.3. The van der Waals surface area contributed by atoms with Crippen molar-refractivity contribution in [3.05, 3.63) is 93.3 Å². The van der Waals surface area contributed by atoms with E-state index in [0.717, 1.165) is 16.7 Å². The molecule has 0 radical (unpaired) electrons. The highest BCUT2D eigenvalue weighted by Gasteiger charge is 2.10. The van der Waals surface area contributed by atoms with E-state index in [4.69, 9.17) is 4.74 Å². The highest BCUT2D eigenvalue weighted by molar-refractivity contribution is 7.98. The number of nitrogens with zero attached hydrogens (tertiary/aromatic N) is 5. The molecule has 0 spiro atoms. The average molecular weight is 445 g/mol. The van der Waals surface area contributed by atoms with Crippen LogP contribution in [0.5, 0.6) is 11.6 Å². The van der Waals surface area contributed by atoms with Crippen LogP contribution in [0.3, 0.4) is 0 Å². The summed E-state index contributed by atoms with van der Waals surface area (Å²) in [7, 11) is 1.83. The Kier molecular flexibility index (Phi) is 6.33. The summed E-state index contributed by atoms with van der Waals surface area (Å²) in [6.45, 7) is 1.94. The maximum Gasteiger partial charge on any atom is 0.255 e. The molecule has 0 aliphatic carbocycles. The second-order valence-electron chi connectivity index (χ2n) is 7.25. The lowest BCUT2D eigenvalue weighted by Crippen LogP contribution is -2.14. The summed E-state index contributed by atoms with van der Waals surface area (Å²) in [5.41, 5.74) is 3.73. The number of pyridine rings is 1. The Morgan fingerprint density at radius 1 is 1.16 bits per heavy atom. The summed E-state index contributed by atoms with van der Waals surface area (Å²) in [4.78, 5) is 23.8. The Labute approximate surface area is 188 Å². The number of benzene rings is 1. The number of thioether (sulfide) groups is 1. The second kappa shape index (κ2) is 9.49. The van der Waals surface area contributed by atoms with Crippen LogP contribution in [0.1, 0.15) is 27.8 Å². The summed E-state index contributed by atoms with van der Waals surface area (Å²) >= 11 is 1.39. The number of hydrogen-bond acceptors (Lipinski definition) is 7. The van der Waals surface area contributed by atoms with E-state index in [0.29, 0.717) is 40.1 Å². The first-order valence-corrected chi connectivity index (χ1v) is 10.8. The molecule has 0 amide bonds. The normalized spacial score (nSPS) is 10.7. The van der Waals surface area contributed by atoms with Gasteiger partial charge >= 0.3 is 0 Å². The molecule has 0 unspecified atom stereocenters. The van der Waals surface area contributed by atoms with Crippen LogP contribution in [0, 0.1) is 18.3 Å². The number of hydrogen-bond donors (Lipinski definition) is 1. The average Bonchev–Trinajstić information content (AvgIpc) is 3.21. The van der Waals surface area contributed by atoms with E-state index in [1.54, 1.807) is 41.5 Å². The van der Waals surface area contributed by atoms with Crippen molar-refractivity contribution >= 4 is 11.8 Å². The number of aromatic nitrogens is 5. The molecular weight excluding hydrogens is 424 g/mol. The standard InChI is InChI=1S/C23H20N6O2S/c1-15-3-6-21(25-10-15)31-20-5-4-16(7-18(20)9-24)14-32-23-26-12-19(22(30)28-23)8-17-11-27-29(2)13-17/h3-7,10-13H,8,14H2,1-2H3,(H,26,28,30). The lowest BCUT2D eigenvalue weighted by atomic mass is 10.1. The molecule has 3 aromatic heterocycles. The zero-order chi connectivity index (χ0) is 22.5. The van der Waals surface area contributed by atoms with Gasteiger partial charge in [0.25, 0.3) is 5.56 Å². The molecule has 32 heavy (non-hydrogen) atoms. The minimum absolute atomic E-state index is 0.168. The number of ether oxygens (including phenoxy) is 1. The van der Waals surface area contributed by atoms with E-state index in [1.165, 1.54) is 11.8 Å². The van der Waals surface area contributed by atoms with Gasteiger partial charge < -0.3 is 9.72 Å². The Balaban J connectivity index is 1.42. The largest absolute Gasteiger partial charge is 0.438 e. The van der Waals surface area contributed by atoms with Crippen molar-refractivity contribution in [3.8, 4) is 17.7 Å². The molecule has 1 N–H and O–H groups in total. The smallest absolute Gasteiger partial charge is 0.255 e. The zero-order valence-corrected chi connectivity index (χ0v) is 18.4. The van der Waals surface area contributed by atoms with Crippen molar-refractivity contribution in [1.82, 2.24) is 24.7 Å². The van der Waals surface area contributed by atoms with Gasteiger partial charge in [0.2, 0.25) is 5.88 Å². The Bertz CT molecular complexity index is 1340. The molecule has 0 saturated heterocycles. The van der Waals surface area contributed by atoms with Gasteiger partial charge in [0.1, 0.15) is 11.8 Å². The van der Waals surface area contributed by atoms with E-state index >= 15 is 0 Å². The molecule has 0 bridgehead atoms. The van der Waals surface area contributed by atoms with Gasteiger partial charge in [-0.25, -0.2) is 9.97 Å². The summed E-state index contributed by atoms with van der Waals surface area (Å²) < 4.78 is 7.44. The Morgan fingerprint density at radius 3 is 2.72 bits per heavy atom. The van der Waals surface area contributed by atoms with Crippen molar-refractivity contribution in [2.75, 3.05) is 0 Å². The molecule has 0 aliphatic rings. The van der Waals surface area contributed by atoms with Gasteiger partial charge in [0.15, 0.2) is 5.16 Å². The highest BCUT2D eigenvalue weighted by atomic mass is 32.2. The lowest BCUT2D eigenvalue weighted by molar-refractivity contribution is 0.461. The maximum atomic E-state index is 12.4. The Hall–Kier alpha value is -3.90. The molecule has 0 atom stereocenters. The van der Waals surface area contributed by atoms with Crippen LogP contribution in [0.4, 0.5) is 0 Å². The highest BCUT2D eigenvalue weighted by Crippen LogP contribution is 2.27. The molecule has 0 saturated carbocycles. The summed E-state index contributed by atoms with van der Waals surface area (Å²) in [6.07, 6.45) is 7.39. The third-order valence-electron chi connectivity index (χ3n) is 4.64. The van der Waals surface area contributed by atoms with Crippen molar-refractivity contribution in [3.63, 3.8) is 0 Å². The van der Waals surface area contributed by atoms with Crippen LogP contribution in [0.15, 0.2) is 65.1 Å². The monoisotopic (exact) mass is 444 g/mol. The number of nitriles is 1. The topological polar surface area (TPSA) is 109 Å². The van der Waals surface area contributed by atoms with Gasteiger partial charge in [-0.3, -0.25) is 9.48 Å². The first-order chi connectivity index (χ1) is 15.5. The van der Waals surface area contributed by atoms with Crippen LogP contribution in [0.25, 0.3) is 0 Å². The predicted molar refractivity (Wildman–Crippen MR) is 121 cm³/mol. The molecule has 4 aromatic rings. The summed E-state index contributed by atoms with van der Waals surface area (Å²) in [6, 6.07) is 11.2. The molecule has 4 rings (SSSR count). The third kappa shape index (κ3) is 5.22. The molecular formula is C23H20N6O2S. The number of H-pyrrole nitrogens is 1. The second-order valence-corrected chi connectivity index (χ2v) is 8.21. The number of aryl methyl sites for hydroxylation is 2. The number of aromatic amines is 1. The van der Waals surface area contributed by atoms with E-state index in [-0.39, 0.29) is 5.56 Å². The maximum absolute atomic E-state index is 12.4. The fourth-order valence-electron chi connectivity index (χ4n) is 3.01. The fraction of sp³-hybridized carbons (Fsp3) is 0.174. The minimum atomic E-state index is -0.168. The minimum Gasteiger partial charge on any atom is -0.438 e. The summed E-state index contributed by atoms with van der Waals surface area (Å²) in [5, 5.41) is 14.2. The van der Waals surface area contributed by atoms with Crippen LogP contribution < -0.4 is 10.3 Å². The van der Waals surface area contributed by atoms with Crippen molar-refractivity contribution in [2.45, 2.75) is 24.3 Å². The van der Waals surface area contributed by atoms with E-state index in [1.807, 2.05) is 32.3 Å². The van der Waals surface area contributed by atoms with Gasteiger partial charge in [-0.2, -0.15) is 10.4 Å². The molecule has 9 heteroatoms. The molecule has 1 aromatic carbocycles. The summed E-state index contributed by atoms with van der Waals surface area (Å²) in [5.74, 6) is 1.43. The SMILES string of the molecule is Cc1ccc(Oc2ccc(CSc3ncc(Cc4cnn(C)c4)c(=O)[nH]3)cc2C#N)nc1. The van der Waals surface area contributed by atoms with Crippen molar-refractivity contribution < 1.29 is 4.74 Å². The van der Waals surface area contributed by atoms with Crippen LogP contribution in [0.2, 0.25) is 0 Å². The molecule has 0 aliphatic heterocycles. The van der Waals surface area contributed by atoms with Gasteiger partial charge in [-0.15, -0.1) is 0 Å². The van der Waals surface area contributed by atoms with Crippen LogP contribution >= 0.6 is 11.8 Å². The predicted octanol–water partition coefficient (Wildman–Crippen LogP) is 3.75. The molecule has 0 fully saturated rings. The van der Waals surface area contributed by atoms with Gasteiger partial charge in [0.05, 0.1) is 11.8 Å². The zero-order valence-electron chi connectivity index (χ0n) is 17.6. The van der Waals surface area contributed by atoms with Crippen molar-refractivity contribution in [2.24, 2.45) is 7.05 Å². The van der Waals surface area contributed by atoms with E-state index in [2.05, 4.69) is 26.1 Å². The number of nitrogens with one attached hydrogen (secondary N) is 1. The van der Waals surface area contributed by atoms with E-state index in [9.17, 15) is 10.1 Å². The molecule has 160 valence electrons. The van der Waals surface area contributed by atoms with Crippen molar-refractivity contribution in [1.29, 1.82) is 5.26 Å². The lowest BCUT2D eigenvalue weighted by Gasteiger charge is -2.08. The van der Waals surface area contributed by atoms with Gasteiger partial charge in [-0.1, -0.05) is 23.9 Å². The number of rotatable bonds is 7. The Morgan fingerprint density at radius 2 is 2.03 bits per heavy atom. The van der Waals surface area contributed by atoms with E-state index < -0.39 is 0 Å². The van der Waals surface area contributed by atoms with Gasteiger partial charge in [0, 0.05) is 49.4 Å². The molecule has 3 heterocycles. The van der Waals surface area contributed by atoms with Crippen LogP contribution in [-0.4, -0.2) is 24.7 Å². The first-order valence-electron chi connectivity index (χ1n) is 9.82. The fourth-order valence-corrected chi connectivity index (χ4v) is 3.78. The quantitative estimate of drug-likeness (QED) is 0.341. The van der Waals surface area contributed by atoms with Gasteiger partial charge in [-0.05, 0) is 35.7 Å².